The highest BCUT2D eigenvalue weighted by Crippen LogP contribution is 2.40. The molecule has 5 rings (SSSR count). The Hall–Kier alpha value is -3.77. The zero-order valence-electron chi connectivity index (χ0n) is 23.6. The van der Waals surface area contributed by atoms with Crippen molar-refractivity contribution in [2.75, 3.05) is 0 Å². The normalized spacial score (nSPS) is 15.8. The minimum Gasteiger partial charge on any atom is -0.383 e. The lowest BCUT2D eigenvalue weighted by atomic mass is 9.77. The fraction of sp³-hybridized carbons (Fsp3) is 0.189. The average Bonchev–Trinajstić information content (AvgIpc) is 3.03. The van der Waals surface area contributed by atoms with E-state index in [4.69, 9.17) is 21.1 Å². The summed E-state index contributed by atoms with van der Waals surface area (Å²) in [4.78, 5) is 0. The first-order valence-electron chi connectivity index (χ1n) is 14.0. The van der Waals surface area contributed by atoms with Gasteiger partial charge in [-0.15, -0.1) is 0 Å². The Kier molecular flexibility index (Phi) is 9.22. The van der Waals surface area contributed by atoms with Crippen LogP contribution in [-0.4, -0.2) is 22.4 Å². The molecular formula is C37H35ClO4. The molecule has 0 aromatic heterocycles. The van der Waals surface area contributed by atoms with Gasteiger partial charge in [-0.1, -0.05) is 133 Å². The van der Waals surface area contributed by atoms with Crippen LogP contribution < -0.4 is 0 Å². The highest BCUT2D eigenvalue weighted by Gasteiger charge is 2.50. The van der Waals surface area contributed by atoms with Gasteiger partial charge in [0.25, 0.3) is 0 Å². The van der Waals surface area contributed by atoms with Gasteiger partial charge in [-0.2, -0.15) is 0 Å². The zero-order chi connectivity index (χ0) is 29.6. The van der Waals surface area contributed by atoms with Crippen LogP contribution in [0.15, 0.2) is 140 Å². The van der Waals surface area contributed by atoms with Crippen LogP contribution >= 0.6 is 11.6 Å². The van der Waals surface area contributed by atoms with Crippen molar-refractivity contribution in [3.63, 3.8) is 0 Å². The molecule has 0 radical (unpaired) electrons. The summed E-state index contributed by atoms with van der Waals surface area (Å²) in [5.74, 6) is 0. The highest BCUT2D eigenvalue weighted by molar-refractivity contribution is 6.30. The lowest BCUT2D eigenvalue weighted by molar-refractivity contribution is -0.218. The highest BCUT2D eigenvalue weighted by atomic mass is 35.5. The molecule has 5 heteroatoms. The summed E-state index contributed by atoms with van der Waals surface area (Å²) < 4.78 is 13.2. The summed E-state index contributed by atoms with van der Waals surface area (Å²) in [7, 11) is 0. The average molecular weight is 579 g/mol. The molecule has 5 aromatic carbocycles. The molecule has 214 valence electrons. The largest absolute Gasteiger partial charge is 0.383 e. The van der Waals surface area contributed by atoms with E-state index >= 15 is 0 Å². The Balaban J connectivity index is 1.63. The van der Waals surface area contributed by atoms with Crippen molar-refractivity contribution in [3.8, 4) is 0 Å². The maximum atomic E-state index is 12.4. The fourth-order valence-electron chi connectivity index (χ4n) is 5.29. The van der Waals surface area contributed by atoms with Crippen LogP contribution in [0.5, 0.6) is 0 Å². The molecule has 0 bridgehead atoms. The van der Waals surface area contributed by atoms with E-state index in [0.29, 0.717) is 16.1 Å². The molecule has 0 unspecified atom stereocenters. The minimum atomic E-state index is -1.75. The van der Waals surface area contributed by atoms with E-state index in [2.05, 4.69) is 6.58 Å². The summed E-state index contributed by atoms with van der Waals surface area (Å²) in [6.07, 6.45) is -0.677. The molecule has 0 aliphatic carbocycles. The number of hydrogen-bond donors (Lipinski definition) is 2. The molecular weight excluding hydrogens is 544 g/mol. The van der Waals surface area contributed by atoms with Crippen LogP contribution in [0.3, 0.4) is 0 Å². The molecule has 0 amide bonds. The van der Waals surface area contributed by atoms with Crippen molar-refractivity contribution in [2.45, 2.75) is 43.5 Å². The number of aliphatic hydroxyl groups is 2. The first kappa shape index (κ1) is 29.7. The maximum Gasteiger partial charge on any atom is 0.136 e. The third kappa shape index (κ3) is 6.49. The van der Waals surface area contributed by atoms with Gasteiger partial charge < -0.3 is 19.7 Å². The summed E-state index contributed by atoms with van der Waals surface area (Å²) in [5, 5.41) is 27.4. The fourth-order valence-corrected chi connectivity index (χ4v) is 5.42. The van der Waals surface area contributed by atoms with E-state index in [1.54, 1.807) is 31.2 Å². The van der Waals surface area contributed by atoms with E-state index in [1.807, 2.05) is 103 Å². The van der Waals surface area contributed by atoms with Gasteiger partial charge in [-0.05, 0) is 58.1 Å². The Labute approximate surface area is 252 Å². The summed E-state index contributed by atoms with van der Waals surface area (Å²) in [5.41, 5.74) is -0.354. The maximum absolute atomic E-state index is 12.4. The van der Waals surface area contributed by atoms with Crippen molar-refractivity contribution in [2.24, 2.45) is 0 Å². The second-order valence-corrected chi connectivity index (χ2v) is 11.1. The van der Waals surface area contributed by atoms with Crippen molar-refractivity contribution in [3.05, 3.63) is 167 Å². The van der Waals surface area contributed by atoms with Gasteiger partial charge in [0.05, 0.1) is 13.2 Å². The van der Waals surface area contributed by atoms with Gasteiger partial charge >= 0.3 is 0 Å². The van der Waals surface area contributed by atoms with Gasteiger partial charge in [-0.3, -0.25) is 0 Å². The molecule has 5 aromatic rings. The summed E-state index contributed by atoms with van der Waals surface area (Å²) in [6, 6.07) is 40.1. The van der Waals surface area contributed by atoms with Crippen LogP contribution in [0, 0.1) is 0 Å². The topological polar surface area (TPSA) is 58.9 Å². The quantitative estimate of drug-likeness (QED) is 0.148. The number of fused-ring (bicyclic) bond motifs is 1. The van der Waals surface area contributed by atoms with Crippen molar-refractivity contribution in [1.29, 1.82) is 0 Å². The van der Waals surface area contributed by atoms with Gasteiger partial charge in [0.2, 0.25) is 0 Å². The molecule has 0 spiro atoms. The molecule has 4 atom stereocenters. The SMILES string of the molecule is C=C[C@](O)(c1ccc(Cl)cc1)[C@H](OCc1ccccc1)[C@@H](OCc1ccccc1)[C@](C)(O)c1ccc2ccccc2c1. The molecule has 0 heterocycles. The van der Waals surface area contributed by atoms with Crippen molar-refractivity contribution < 1.29 is 19.7 Å². The lowest BCUT2D eigenvalue weighted by Crippen LogP contribution is -2.56. The van der Waals surface area contributed by atoms with E-state index in [0.717, 1.165) is 21.9 Å². The first-order valence-corrected chi connectivity index (χ1v) is 14.3. The Bertz CT molecular complexity index is 1600. The first-order chi connectivity index (χ1) is 20.3. The van der Waals surface area contributed by atoms with Crippen LogP contribution in [-0.2, 0) is 33.9 Å². The predicted molar refractivity (Wildman–Crippen MR) is 169 cm³/mol. The van der Waals surface area contributed by atoms with E-state index in [1.165, 1.54) is 6.08 Å². The molecule has 42 heavy (non-hydrogen) atoms. The van der Waals surface area contributed by atoms with Gasteiger partial charge in [-0.25, -0.2) is 0 Å². The van der Waals surface area contributed by atoms with E-state index in [9.17, 15) is 10.2 Å². The monoisotopic (exact) mass is 578 g/mol. The molecule has 0 aliphatic rings. The Morgan fingerprint density at radius 3 is 1.74 bits per heavy atom. The summed E-state index contributed by atoms with van der Waals surface area (Å²) in [6.45, 7) is 6.07. The van der Waals surface area contributed by atoms with Crippen LogP contribution in [0.25, 0.3) is 10.8 Å². The smallest absolute Gasteiger partial charge is 0.136 e. The van der Waals surface area contributed by atoms with Gasteiger partial charge in [0, 0.05) is 5.02 Å². The molecule has 2 N–H and O–H groups in total. The van der Waals surface area contributed by atoms with Crippen molar-refractivity contribution >= 4 is 22.4 Å². The van der Waals surface area contributed by atoms with Crippen LogP contribution in [0.2, 0.25) is 5.02 Å². The Morgan fingerprint density at radius 1 is 0.667 bits per heavy atom. The van der Waals surface area contributed by atoms with Gasteiger partial charge in [0.15, 0.2) is 0 Å². The standard InChI is InChI=1S/C37H35ClO4/c1-3-37(40,31-20-22-33(38)23-21-31)35(42-26-28-14-8-5-9-15-28)34(41-25-27-12-6-4-7-13-27)36(2,39)32-19-18-29-16-10-11-17-30(29)24-32/h3-24,34-35,39-40H,1,25-26H2,2H3/t34-,35-,36-,37+/m1/s1. The third-order valence-corrected chi connectivity index (χ3v) is 8.01. The lowest BCUT2D eigenvalue weighted by Gasteiger charge is -2.44. The van der Waals surface area contributed by atoms with Crippen LogP contribution in [0.1, 0.15) is 29.2 Å². The number of halogens is 1. The zero-order valence-corrected chi connectivity index (χ0v) is 24.3. The van der Waals surface area contributed by atoms with Crippen LogP contribution in [0.4, 0.5) is 0 Å². The Morgan fingerprint density at radius 2 is 1.17 bits per heavy atom. The number of benzene rings is 5. The number of hydrogen-bond acceptors (Lipinski definition) is 4. The molecule has 0 saturated heterocycles. The van der Waals surface area contributed by atoms with Gasteiger partial charge in [0.1, 0.15) is 23.4 Å². The number of ether oxygens (including phenoxy) is 2. The number of rotatable bonds is 12. The second kappa shape index (κ2) is 13.0. The van der Waals surface area contributed by atoms with Crippen molar-refractivity contribution in [1.82, 2.24) is 0 Å². The van der Waals surface area contributed by atoms with E-state index < -0.39 is 23.4 Å². The predicted octanol–water partition coefficient (Wildman–Crippen LogP) is 7.95. The third-order valence-electron chi connectivity index (χ3n) is 7.76. The second-order valence-electron chi connectivity index (χ2n) is 10.7. The molecule has 0 saturated carbocycles. The molecule has 4 nitrogen and oxygen atoms in total. The molecule has 0 fully saturated rings. The molecule has 0 aliphatic heterocycles. The van der Waals surface area contributed by atoms with E-state index in [-0.39, 0.29) is 13.2 Å². The minimum absolute atomic E-state index is 0.175. The summed E-state index contributed by atoms with van der Waals surface area (Å²) >= 11 is 6.20.